The molecule has 0 unspecified atom stereocenters. The third-order valence-electron chi connectivity index (χ3n) is 5.28. The summed E-state index contributed by atoms with van der Waals surface area (Å²) < 4.78 is 20.7. The number of likely N-dealkylation sites (tertiary alicyclic amines) is 1. The maximum atomic E-state index is 13.1. The van der Waals surface area contributed by atoms with Gasteiger partial charge >= 0.3 is 0 Å². The SMILES string of the molecule is O=C(c1ccc(OCCCn2cccn2)cc1)N1CC[C@H](c2ccc(F)cc2)C1. The van der Waals surface area contributed by atoms with Crippen LogP contribution in [0.15, 0.2) is 67.0 Å². The number of rotatable bonds is 7. The Morgan fingerprint density at radius 1 is 1.14 bits per heavy atom. The van der Waals surface area contributed by atoms with Gasteiger partial charge in [-0.25, -0.2) is 4.39 Å². The van der Waals surface area contributed by atoms with Crippen LogP contribution in [0.4, 0.5) is 4.39 Å². The summed E-state index contributed by atoms with van der Waals surface area (Å²) in [7, 11) is 0. The zero-order valence-electron chi connectivity index (χ0n) is 16.2. The van der Waals surface area contributed by atoms with Gasteiger partial charge in [-0.05, 0) is 54.4 Å². The van der Waals surface area contributed by atoms with Crippen molar-refractivity contribution in [2.24, 2.45) is 0 Å². The van der Waals surface area contributed by atoms with E-state index in [0.29, 0.717) is 25.3 Å². The van der Waals surface area contributed by atoms with Crippen molar-refractivity contribution >= 4 is 5.91 Å². The molecule has 3 aromatic rings. The van der Waals surface area contributed by atoms with E-state index in [4.69, 9.17) is 4.74 Å². The van der Waals surface area contributed by atoms with E-state index in [1.807, 2.05) is 58.2 Å². The molecule has 0 saturated carbocycles. The number of benzene rings is 2. The maximum Gasteiger partial charge on any atom is 0.253 e. The number of carbonyl (C=O) groups excluding carboxylic acids is 1. The lowest BCUT2D eigenvalue weighted by Crippen LogP contribution is -2.28. The standard InChI is InChI=1S/C23H24FN3O2/c24-21-7-3-18(4-8-21)20-11-15-26(17-20)23(28)19-5-9-22(10-6-19)29-16-2-14-27-13-1-12-25-27/h1,3-10,12-13,20H,2,11,14-17H2/t20-/m0/s1. The number of aryl methyl sites for hydroxylation is 1. The Kier molecular flexibility index (Phi) is 5.89. The van der Waals surface area contributed by atoms with E-state index in [2.05, 4.69) is 5.10 Å². The zero-order valence-corrected chi connectivity index (χ0v) is 16.2. The number of hydrogen-bond donors (Lipinski definition) is 0. The van der Waals surface area contributed by atoms with Gasteiger partial charge in [-0.2, -0.15) is 5.10 Å². The van der Waals surface area contributed by atoms with E-state index in [0.717, 1.165) is 30.7 Å². The van der Waals surface area contributed by atoms with Gasteiger partial charge in [0.15, 0.2) is 0 Å². The second kappa shape index (κ2) is 8.90. The zero-order chi connectivity index (χ0) is 20.1. The molecule has 1 aliphatic heterocycles. The topological polar surface area (TPSA) is 47.4 Å². The molecule has 2 heterocycles. The Balaban J connectivity index is 1.27. The van der Waals surface area contributed by atoms with Gasteiger partial charge in [0.2, 0.25) is 0 Å². The van der Waals surface area contributed by atoms with Crippen molar-refractivity contribution in [1.82, 2.24) is 14.7 Å². The first-order valence-corrected chi connectivity index (χ1v) is 9.94. The molecule has 0 radical (unpaired) electrons. The van der Waals surface area contributed by atoms with Gasteiger partial charge in [-0.3, -0.25) is 9.48 Å². The summed E-state index contributed by atoms with van der Waals surface area (Å²) in [5, 5.41) is 4.16. The fourth-order valence-corrected chi connectivity index (χ4v) is 3.68. The number of halogens is 1. The van der Waals surface area contributed by atoms with Gasteiger partial charge in [0, 0.05) is 49.9 Å². The number of hydrogen-bond acceptors (Lipinski definition) is 3. The molecule has 1 aromatic heterocycles. The normalized spacial score (nSPS) is 16.2. The smallest absolute Gasteiger partial charge is 0.253 e. The van der Waals surface area contributed by atoms with E-state index in [1.165, 1.54) is 12.1 Å². The van der Waals surface area contributed by atoms with Crippen LogP contribution in [0, 0.1) is 5.82 Å². The maximum absolute atomic E-state index is 13.1. The number of amides is 1. The van der Waals surface area contributed by atoms with E-state index in [9.17, 15) is 9.18 Å². The highest BCUT2D eigenvalue weighted by Crippen LogP contribution is 2.28. The molecule has 4 rings (SSSR count). The van der Waals surface area contributed by atoms with E-state index in [1.54, 1.807) is 6.20 Å². The minimum atomic E-state index is -0.233. The lowest BCUT2D eigenvalue weighted by Gasteiger charge is -2.17. The molecule has 1 atom stereocenters. The summed E-state index contributed by atoms with van der Waals surface area (Å²) in [6, 6.07) is 15.8. The summed E-state index contributed by atoms with van der Waals surface area (Å²) in [5.74, 6) is 0.813. The van der Waals surface area contributed by atoms with Crippen molar-refractivity contribution in [3.8, 4) is 5.75 Å². The van der Waals surface area contributed by atoms with Crippen molar-refractivity contribution in [2.45, 2.75) is 25.3 Å². The van der Waals surface area contributed by atoms with Crippen molar-refractivity contribution in [1.29, 1.82) is 0 Å². The monoisotopic (exact) mass is 393 g/mol. The lowest BCUT2D eigenvalue weighted by atomic mass is 9.99. The van der Waals surface area contributed by atoms with E-state index >= 15 is 0 Å². The van der Waals surface area contributed by atoms with Crippen LogP contribution in [0.1, 0.15) is 34.7 Å². The third-order valence-corrected chi connectivity index (χ3v) is 5.28. The van der Waals surface area contributed by atoms with Crippen LogP contribution < -0.4 is 4.74 Å². The van der Waals surface area contributed by atoms with Crippen LogP contribution in [0.2, 0.25) is 0 Å². The molecule has 0 aliphatic carbocycles. The Bertz CT molecular complexity index is 924. The predicted octanol–water partition coefficient (Wildman–Crippen LogP) is 4.12. The van der Waals surface area contributed by atoms with Crippen molar-refractivity contribution < 1.29 is 13.9 Å². The summed E-state index contributed by atoms with van der Waals surface area (Å²) in [6.07, 6.45) is 5.45. The van der Waals surface area contributed by atoms with Crippen molar-refractivity contribution in [2.75, 3.05) is 19.7 Å². The predicted molar refractivity (Wildman–Crippen MR) is 108 cm³/mol. The van der Waals surface area contributed by atoms with Crippen molar-refractivity contribution in [3.63, 3.8) is 0 Å². The molecule has 5 nitrogen and oxygen atoms in total. The van der Waals surface area contributed by atoms with Gasteiger partial charge in [-0.15, -0.1) is 0 Å². The Morgan fingerprint density at radius 3 is 2.66 bits per heavy atom. The highest BCUT2D eigenvalue weighted by Gasteiger charge is 2.27. The molecule has 0 spiro atoms. The quantitative estimate of drug-likeness (QED) is 0.567. The van der Waals surface area contributed by atoms with E-state index < -0.39 is 0 Å². The summed E-state index contributed by atoms with van der Waals surface area (Å²) in [4.78, 5) is 14.7. The minimum Gasteiger partial charge on any atom is -0.494 e. The van der Waals surface area contributed by atoms with Crippen LogP contribution >= 0.6 is 0 Å². The Hall–Kier alpha value is -3.15. The van der Waals surface area contributed by atoms with Gasteiger partial charge in [0.25, 0.3) is 5.91 Å². The molecule has 1 amide bonds. The first-order chi connectivity index (χ1) is 14.2. The van der Waals surface area contributed by atoms with Gasteiger partial charge in [0.1, 0.15) is 11.6 Å². The molecule has 0 N–H and O–H groups in total. The van der Waals surface area contributed by atoms with Gasteiger partial charge in [-0.1, -0.05) is 12.1 Å². The molecule has 1 saturated heterocycles. The van der Waals surface area contributed by atoms with E-state index in [-0.39, 0.29) is 17.6 Å². The average Bonchev–Trinajstić information content (AvgIpc) is 3.44. The molecule has 6 heteroatoms. The first kappa shape index (κ1) is 19.2. The minimum absolute atomic E-state index is 0.0276. The first-order valence-electron chi connectivity index (χ1n) is 9.94. The van der Waals surface area contributed by atoms with Crippen molar-refractivity contribution in [3.05, 3.63) is 83.9 Å². The van der Waals surface area contributed by atoms with Crippen LogP contribution in [0.3, 0.4) is 0 Å². The summed E-state index contributed by atoms with van der Waals surface area (Å²) in [5.41, 5.74) is 1.74. The van der Waals surface area contributed by atoms with Gasteiger partial charge in [0.05, 0.1) is 6.61 Å². The second-order valence-corrected chi connectivity index (χ2v) is 7.28. The highest BCUT2D eigenvalue weighted by molar-refractivity contribution is 5.94. The van der Waals surface area contributed by atoms with Crippen LogP contribution in [0.25, 0.3) is 0 Å². The largest absolute Gasteiger partial charge is 0.494 e. The summed E-state index contributed by atoms with van der Waals surface area (Å²) >= 11 is 0. The summed E-state index contributed by atoms with van der Waals surface area (Å²) in [6.45, 7) is 2.79. The van der Waals surface area contributed by atoms with Gasteiger partial charge < -0.3 is 9.64 Å². The molecule has 1 fully saturated rings. The average molecular weight is 393 g/mol. The fraction of sp³-hybridized carbons (Fsp3) is 0.304. The second-order valence-electron chi connectivity index (χ2n) is 7.28. The number of carbonyl (C=O) groups is 1. The molecule has 1 aliphatic rings. The number of ether oxygens (including phenoxy) is 1. The molecule has 2 aromatic carbocycles. The molecule has 0 bridgehead atoms. The third kappa shape index (κ3) is 4.83. The Labute approximate surface area is 169 Å². The molecular formula is C23H24FN3O2. The number of aromatic nitrogens is 2. The fourth-order valence-electron chi connectivity index (χ4n) is 3.68. The number of nitrogens with zero attached hydrogens (tertiary/aromatic N) is 3. The molecule has 29 heavy (non-hydrogen) atoms. The van der Waals surface area contributed by atoms with Crippen LogP contribution in [-0.2, 0) is 6.54 Å². The van der Waals surface area contributed by atoms with Crippen LogP contribution in [-0.4, -0.2) is 40.3 Å². The molecule has 150 valence electrons. The lowest BCUT2D eigenvalue weighted by molar-refractivity contribution is 0.0790. The van der Waals surface area contributed by atoms with Crippen LogP contribution in [0.5, 0.6) is 5.75 Å². The Morgan fingerprint density at radius 2 is 1.93 bits per heavy atom. The molecular weight excluding hydrogens is 369 g/mol. The highest BCUT2D eigenvalue weighted by atomic mass is 19.1.